The van der Waals surface area contributed by atoms with E-state index in [0.717, 1.165) is 43.6 Å². The van der Waals surface area contributed by atoms with Crippen LogP contribution in [0.25, 0.3) is 0 Å². The van der Waals surface area contributed by atoms with E-state index < -0.39 is 5.66 Å². The first-order chi connectivity index (χ1) is 12.5. The number of nitrogens with zero attached hydrogens (tertiary/aromatic N) is 2. The molecule has 1 saturated heterocycles. The highest BCUT2D eigenvalue weighted by Gasteiger charge is 2.42. The average Bonchev–Trinajstić information content (AvgIpc) is 2.95. The molecule has 0 aromatic heterocycles. The van der Waals surface area contributed by atoms with Crippen LogP contribution in [0.1, 0.15) is 35.1 Å². The summed E-state index contributed by atoms with van der Waals surface area (Å²) in [6.07, 6.45) is 1.72. The number of carbonyl (C=O) groups is 1. The molecule has 2 aromatic carbocycles. The summed E-state index contributed by atoms with van der Waals surface area (Å²) >= 11 is 0. The Kier molecular flexibility index (Phi) is 4.37. The third kappa shape index (κ3) is 3.29. The molecule has 2 aromatic rings. The van der Waals surface area contributed by atoms with Crippen LogP contribution < -0.4 is 5.32 Å². The monoisotopic (exact) mass is 347 g/mol. The molecular formula is C22H25N3O. The van der Waals surface area contributed by atoms with Crippen molar-refractivity contribution in [2.24, 2.45) is 4.99 Å². The first-order valence-corrected chi connectivity index (χ1v) is 9.31. The largest absolute Gasteiger partial charge is 0.326 e. The van der Waals surface area contributed by atoms with E-state index in [-0.39, 0.29) is 5.91 Å². The van der Waals surface area contributed by atoms with Crippen LogP contribution >= 0.6 is 0 Å². The second-order valence-corrected chi connectivity index (χ2v) is 7.52. The highest BCUT2D eigenvalue weighted by atomic mass is 16.2. The van der Waals surface area contributed by atoms with Gasteiger partial charge in [-0.2, -0.15) is 0 Å². The molecule has 4 heteroatoms. The minimum Gasteiger partial charge on any atom is -0.326 e. The lowest BCUT2D eigenvalue weighted by molar-refractivity contribution is -0.115. The van der Waals surface area contributed by atoms with Gasteiger partial charge in [0, 0.05) is 38.0 Å². The predicted octanol–water partition coefficient (Wildman–Crippen LogP) is 3.21. The Bertz CT molecular complexity index is 863. The highest BCUT2D eigenvalue weighted by Crippen LogP contribution is 2.29. The maximum absolute atomic E-state index is 12.5. The van der Waals surface area contributed by atoms with Gasteiger partial charge < -0.3 is 5.32 Å². The molecule has 0 bridgehead atoms. The Hall–Kier alpha value is -2.46. The quantitative estimate of drug-likeness (QED) is 0.927. The van der Waals surface area contributed by atoms with Gasteiger partial charge in [0.1, 0.15) is 11.4 Å². The van der Waals surface area contributed by atoms with E-state index >= 15 is 0 Å². The van der Waals surface area contributed by atoms with Gasteiger partial charge in [0.05, 0.1) is 0 Å². The maximum Gasteiger partial charge on any atom is 0.272 e. The second-order valence-electron chi connectivity index (χ2n) is 7.52. The van der Waals surface area contributed by atoms with Gasteiger partial charge in [0.15, 0.2) is 0 Å². The van der Waals surface area contributed by atoms with E-state index in [0.29, 0.717) is 5.71 Å². The Morgan fingerprint density at radius 3 is 2.58 bits per heavy atom. The zero-order valence-electron chi connectivity index (χ0n) is 15.5. The first-order valence-electron chi connectivity index (χ1n) is 9.31. The molecule has 1 amide bonds. The zero-order valence-corrected chi connectivity index (χ0v) is 15.5. The SMILES string of the molecule is Cc1cccc(C2=NC3(CCN(Cc4ccccc4C)CC3)NC2=O)c1. The van der Waals surface area contributed by atoms with Crippen LogP contribution in [0.4, 0.5) is 0 Å². The van der Waals surface area contributed by atoms with E-state index in [1.165, 1.54) is 11.1 Å². The summed E-state index contributed by atoms with van der Waals surface area (Å²) in [6, 6.07) is 16.6. The Balaban J connectivity index is 1.47. The van der Waals surface area contributed by atoms with Gasteiger partial charge in [0.2, 0.25) is 0 Å². The molecule has 1 N–H and O–H groups in total. The molecule has 1 fully saturated rings. The van der Waals surface area contributed by atoms with E-state index in [4.69, 9.17) is 4.99 Å². The van der Waals surface area contributed by atoms with E-state index in [9.17, 15) is 4.79 Å². The fraction of sp³-hybridized carbons (Fsp3) is 0.364. The Labute approximate surface area is 154 Å². The smallest absolute Gasteiger partial charge is 0.272 e. The van der Waals surface area contributed by atoms with Crippen molar-refractivity contribution in [1.29, 1.82) is 0 Å². The summed E-state index contributed by atoms with van der Waals surface area (Å²) in [5, 5.41) is 3.16. The molecule has 0 unspecified atom stereocenters. The van der Waals surface area contributed by atoms with Gasteiger partial charge in [-0.1, -0.05) is 48.0 Å². The fourth-order valence-electron chi connectivity index (χ4n) is 3.90. The third-order valence-corrected chi connectivity index (χ3v) is 5.52. The van der Waals surface area contributed by atoms with Crippen LogP contribution in [0.5, 0.6) is 0 Å². The van der Waals surface area contributed by atoms with Gasteiger partial charge in [-0.25, -0.2) is 0 Å². The topological polar surface area (TPSA) is 44.7 Å². The van der Waals surface area contributed by atoms with Crippen molar-refractivity contribution in [3.63, 3.8) is 0 Å². The second kappa shape index (κ2) is 6.69. The van der Waals surface area contributed by atoms with E-state index in [1.54, 1.807) is 0 Å². The molecule has 134 valence electrons. The predicted molar refractivity (Wildman–Crippen MR) is 104 cm³/mol. The minimum absolute atomic E-state index is 0.0389. The van der Waals surface area contributed by atoms with E-state index in [2.05, 4.69) is 41.4 Å². The van der Waals surface area contributed by atoms with Crippen LogP contribution in [0.2, 0.25) is 0 Å². The number of carbonyl (C=O) groups excluding carboxylic acids is 1. The summed E-state index contributed by atoms with van der Waals surface area (Å²) in [5.41, 5.74) is 4.94. The molecule has 1 spiro atoms. The summed E-state index contributed by atoms with van der Waals surface area (Å²) < 4.78 is 0. The lowest BCUT2D eigenvalue weighted by Gasteiger charge is -2.37. The molecular weight excluding hydrogens is 322 g/mol. The fourth-order valence-corrected chi connectivity index (χ4v) is 3.90. The molecule has 0 saturated carbocycles. The van der Waals surface area contributed by atoms with Crippen LogP contribution in [0.3, 0.4) is 0 Å². The summed E-state index contributed by atoms with van der Waals surface area (Å²) in [5.74, 6) is -0.0389. The number of benzene rings is 2. The van der Waals surface area contributed by atoms with Crippen molar-refractivity contribution >= 4 is 11.6 Å². The molecule has 0 aliphatic carbocycles. The number of amides is 1. The third-order valence-electron chi connectivity index (χ3n) is 5.52. The number of rotatable bonds is 3. The molecule has 0 radical (unpaired) electrons. The van der Waals surface area contributed by atoms with Crippen molar-refractivity contribution < 1.29 is 4.79 Å². The van der Waals surface area contributed by atoms with Gasteiger partial charge in [0.25, 0.3) is 5.91 Å². The molecule has 4 rings (SSSR count). The highest BCUT2D eigenvalue weighted by molar-refractivity contribution is 6.46. The van der Waals surface area contributed by atoms with Crippen molar-refractivity contribution in [2.75, 3.05) is 13.1 Å². The molecule has 2 heterocycles. The average molecular weight is 347 g/mol. The number of likely N-dealkylation sites (tertiary alicyclic amines) is 1. The van der Waals surface area contributed by atoms with Gasteiger partial charge in [-0.3, -0.25) is 14.7 Å². The Morgan fingerprint density at radius 2 is 1.85 bits per heavy atom. The number of aliphatic imine (C=N–C) groups is 1. The van der Waals surface area contributed by atoms with Crippen molar-refractivity contribution in [3.05, 3.63) is 70.8 Å². The number of piperidine rings is 1. The minimum atomic E-state index is -0.418. The molecule has 2 aliphatic rings. The van der Waals surface area contributed by atoms with Crippen molar-refractivity contribution in [2.45, 2.75) is 38.9 Å². The number of hydrogen-bond donors (Lipinski definition) is 1. The molecule has 4 nitrogen and oxygen atoms in total. The number of hydrogen-bond acceptors (Lipinski definition) is 3. The van der Waals surface area contributed by atoms with E-state index in [1.807, 2.05) is 31.2 Å². The van der Waals surface area contributed by atoms with Crippen LogP contribution in [0, 0.1) is 13.8 Å². The zero-order chi connectivity index (χ0) is 18.1. The first kappa shape index (κ1) is 17.0. The Morgan fingerprint density at radius 1 is 1.08 bits per heavy atom. The summed E-state index contributed by atoms with van der Waals surface area (Å²) in [6.45, 7) is 7.05. The van der Waals surface area contributed by atoms with Crippen LogP contribution in [-0.2, 0) is 11.3 Å². The van der Waals surface area contributed by atoms with Gasteiger partial charge >= 0.3 is 0 Å². The van der Waals surface area contributed by atoms with Gasteiger partial charge in [-0.15, -0.1) is 0 Å². The molecule has 0 atom stereocenters. The molecule has 26 heavy (non-hydrogen) atoms. The van der Waals surface area contributed by atoms with Crippen molar-refractivity contribution in [3.8, 4) is 0 Å². The van der Waals surface area contributed by atoms with Crippen LogP contribution in [0.15, 0.2) is 53.5 Å². The number of aryl methyl sites for hydroxylation is 2. The van der Waals surface area contributed by atoms with Crippen molar-refractivity contribution in [1.82, 2.24) is 10.2 Å². The van der Waals surface area contributed by atoms with Crippen LogP contribution in [-0.4, -0.2) is 35.3 Å². The summed E-state index contributed by atoms with van der Waals surface area (Å²) in [4.78, 5) is 19.8. The number of nitrogens with one attached hydrogen (secondary N) is 1. The standard InChI is InChI=1S/C22H25N3O/c1-16-6-5-9-18(14-16)20-21(26)24-22(23-20)10-12-25(13-11-22)15-19-8-4-3-7-17(19)2/h3-9,14H,10-13,15H2,1-2H3,(H,24,26). The maximum atomic E-state index is 12.5. The lowest BCUT2D eigenvalue weighted by Crippen LogP contribution is -2.50. The molecule has 2 aliphatic heterocycles. The van der Waals surface area contributed by atoms with Gasteiger partial charge in [-0.05, 0) is 31.0 Å². The normalized spacial score (nSPS) is 19.5. The summed E-state index contributed by atoms with van der Waals surface area (Å²) in [7, 11) is 0. The lowest BCUT2D eigenvalue weighted by atomic mass is 9.97.